The molecule has 1 atom stereocenters. The molecule has 1 fully saturated rings. The van der Waals surface area contributed by atoms with E-state index in [4.69, 9.17) is 9.84 Å². The maximum atomic E-state index is 10.5. The van der Waals surface area contributed by atoms with Gasteiger partial charge in [0, 0.05) is 13.1 Å². The van der Waals surface area contributed by atoms with Crippen LogP contribution in [-0.4, -0.2) is 42.2 Å². The van der Waals surface area contributed by atoms with Crippen LogP contribution in [0.3, 0.4) is 0 Å². The molecule has 1 aliphatic heterocycles. The van der Waals surface area contributed by atoms with Gasteiger partial charge in [-0.3, -0.25) is 4.79 Å². The summed E-state index contributed by atoms with van der Waals surface area (Å²) in [5.41, 5.74) is 1.20. The number of halogens is 1. The van der Waals surface area contributed by atoms with Gasteiger partial charge in [0.15, 0.2) is 0 Å². The van der Waals surface area contributed by atoms with Crippen LogP contribution in [0.1, 0.15) is 18.4 Å². The lowest BCUT2D eigenvalue weighted by molar-refractivity contribution is -0.137. The Morgan fingerprint density at radius 2 is 2.10 bits per heavy atom. The number of carbonyl (C=O) groups is 1. The second-order valence-corrected chi connectivity index (χ2v) is 5.10. The fourth-order valence-electron chi connectivity index (χ4n) is 2.42. The van der Waals surface area contributed by atoms with Crippen molar-refractivity contribution in [1.82, 2.24) is 4.90 Å². The maximum Gasteiger partial charge on any atom is 0.304 e. The summed E-state index contributed by atoms with van der Waals surface area (Å²) in [7, 11) is 0. The lowest BCUT2D eigenvalue weighted by Crippen LogP contribution is -2.24. The van der Waals surface area contributed by atoms with E-state index in [0.29, 0.717) is 19.1 Å². The van der Waals surface area contributed by atoms with E-state index in [9.17, 15) is 4.79 Å². The lowest BCUT2D eigenvalue weighted by atomic mass is 10.1. The second kappa shape index (κ2) is 8.95. The van der Waals surface area contributed by atoms with Crippen molar-refractivity contribution >= 4 is 18.4 Å². The number of carboxylic acids is 1. The molecule has 5 heteroatoms. The Labute approximate surface area is 126 Å². The Kier molecular flexibility index (Phi) is 7.59. The molecule has 1 saturated heterocycles. The van der Waals surface area contributed by atoms with Crippen molar-refractivity contribution < 1.29 is 14.6 Å². The molecular weight excluding hydrogens is 278 g/mol. The highest BCUT2D eigenvalue weighted by molar-refractivity contribution is 5.85. The van der Waals surface area contributed by atoms with Gasteiger partial charge in [0.25, 0.3) is 0 Å². The van der Waals surface area contributed by atoms with Crippen molar-refractivity contribution in [2.75, 3.05) is 26.2 Å². The van der Waals surface area contributed by atoms with Crippen molar-refractivity contribution in [3.8, 4) is 0 Å². The van der Waals surface area contributed by atoms with Crippen LogP contribution < -0.4 is 0 Å². The summed E-state index contributed by atoms with van der Waals surface area (Å²) < 4.78 is 5.73. The van der Waals surface area contributed by atoms with E-state index in [-0.39, 0.29) is 18.8 Å². The zero-order valence-corrected chi connectivity index (χ0v) is 12.3. The van der Waals surface area contributed by atoms with Crippen LogP contribution >= 0.6 is 12.4 Å². The Balaban J connectivity index is 0.00000200. The molecule has 0 spiro atoms. The van der Waals surface area contributed by atoms with Crippen molar-refractivity contribution in [3.63, 3.8) is 0 Å². The third-order valence-corrected chi connectivity index (χ3v) is 3.48. The standard InChI is InChI=1S/C15H21NO3.ClH/c17-15(18)7-9-16-8-6-14(10-16)12-19-11-13-4-2-1-3-5-13;/h1-5,14H,6-12H2,(H,17,18);1H. The van der Waals surface area contributed by atoms with Gasteiger partial charge in [-0.2, -0.15) is 0 Å². The molecule has 0 bridgehead atoms. The molecule has 1 unspecified atom stereocenters. The van der Waals surface area contributed by atoms with Gasteiger partial charge in [0.2, 0.25) is 0 Å². The molecule has 1 aliphatic rings. The largest absolute Gasteiger partial charge is 0.481 e. The van der Waals surface area contributed by atoms with Crippen molar-refractivity contribution in [2.24, 2.45) is 5.92 Å². The maximum absolute atomic E-state index is 10.5. The molecule has 0 amide bonds. The molecule has 4 nitrogen and oxygen atoms in total. The van der Waals surface area contributed by atoms with Crippen LogP contribution in [0.25, 0.3) is 0 Å². The van der Waals surface area contributed by atoms with Gasteiger partial charge in [-0.1, -0.05) is 30.3 Å². The fraction of sp³-hybridized carbons (Fsp3) is 0.533. The summed E-state index contributed by atoms with van der Waals surface area (Å²) in [6, 6.07) is 10.2. The van der Waals surface area contributed by atoms with Crippen LogP contribution in [0.4, 0.5) is 0 Å². The number of hydrogen-bond acceptors (Lipinski definition) is 3. The highest BCUT2D eigenvalue weighted by Gasteiger charge is 2.22. The van der Waals surface area contributed by atoms with Gasteiger partial charge in [-0.25, -0.2) is 0 Å². The molecule has 112 valence electrons. The third-order valence-electron chi connectivity index (χ3n) is 3.48. The SMILES string of the molecule is Cl.O=C(O)CCN1CCC(COCc2ccccc2)C1. The van der Waals surface area contributed by atoms with Gasteiger partial charge in [-0.15, -0.1) is 12.4 Å². The topological polar surface area (TPSA) is 49.8 Å². The Hall–Kier alpha value is -1.10. The highest BCUT2D eigenvalue weighted by atomic mass is 35.5. The first kappa shape index (κ1) is 17.0. The number of nitrogens with zero attached hydrogens (tertiary/aromatic N) is 1. The number of benzene rings is 1. The summed E-state index contributed by atoms with van der Waals surface area (Å²) in [5, 5.41) is 8.66. The minimum atomic E-state index is -0.719. The van der Waals surface area contributed by atoms with E-state index in [1.807, 2.05) is 18.2 Å². The normalized spacial score (nSPS) is 18.7. The van der Waals surface area contributed by atoms with Crippen molar-refractivity contribution in [1.29, 1.82) is 0 Å². The van der Waals surface area contributed by atoms with E-state index < -0.39 is 5.97 Å². The molecule has 1 aromatic carbocycles. The quantitative estimate of drug-likeness (QED) is 0.840. The number of carboxylic acid groups (broad SMARTS) is 1. The predicted octanol–water partition coefficient (Wildman–Crippen LogP) is 2.42. The molecule has 0 aromatic heterocycles. The molecule has 2 rings (SSSR count). The first-order chi connectivity index (χ1) is 9.24. The first-order valence-corrected chi connectivity index (χ1v) is 6.80. The number of rotatable bonds is 7. The molecule has 0 radical (unpaired) electrons. The van der Waals surface area contributed by atoms with E-state index in [1.54, 1.807) is 0 Å². The number of likely N-dealkylation sites (tertiary alicyclic amines) is 1. The smallest absolute Gasteiger partial charge is 0.304 e. The zero-order valence-electron chi connectivity index (χ0n) is 11.5. The minimum absolute atomic E-state index is 0. The Morgan fingerprint density at radius 1 is 1.35 bits per heavy atom. The minimum Gasteiger partial charge on any atom is -0.481 e. The fourth-order valence-corrected chi connectivity index (χ4v) is 2.42. The summed E-state index contributed by atoms with van der Waals surface area (Å²) in [4.78, 5) is 12.7. The molecule has 1 aromatic rings. The van der Waals surface area contributed by atoms with E-state index in [2.05, 4.69) is 17.0 Å². The molecule has 20 heavy (non-hydrogen) atoms. The predicted molar refractivity (Wildman–Crippen MR) is 80.1 cm³/mol. The van der Waals surface area contributed by atoms with Gasteiger partial charge < -0.3 is 14.7 Å². The second-order valence-electron chi connectivity index (χ2n) is 5.10. The number of hydrogen-bond donors (Lipinski definition) is 1. The average Bonchev–Trinajstić information content (AvgIpc) is 2.86. The molecule has 0 aliphatic carbocycles. The summed E-state index contributed by atoms with van der Waals surface area (Å²) in [6.45, 7) is 4.03. The molecular formula is C15H22ClNO3. The molecule has 1 N–H and O–H groups in total. The highest BCUT2D eigenvalue weighted by Crippen LogP contribution is 2.17. The monoisotopic (exact) mass is 299 g/mol. The van der Waals surface area contributed by atoms with Crippen LogP contribution in [0.2, 0.25) is 0 Å². The van der Waals surface area contributed by atoms with Gasteiger partial charge in [0.05, 0.1) is 19.6 Å². The van der Waals surface area contributed by atoms with Crippen LogP contribution in [0.5, 0.6) is 0 Å². The Morgan fingerprint density at radius 3 is 2.80 bits per heavy atom. The van der Waals surface area contributed by atoms with E-state index in [0.717, 1.165) is 26.1 Å². The summed E-state index contributed by atoms with van der Waals surface area (Å²) >= 11 is 0. The first-order valence-electron chi connectivity index (χ1n) is 6.80. The summed E-state index contributed by atoms with van der Waals surface area (Å²) in [5.74, 6) is -0.179. The van der Waals surface area contributed by atoms with Crippen LogP contribution in [0.15, 0.2) is 30.3 Å². The number of aliphatic carboxylic acids is 1. The summed E-state index contributed by atoms with van der Waals surface area (Å²) in [6.07, 6.45) is 1.34. The van der Waals surface area contributed by atoms with Gasteiger partial charge in [0.1, 0.15) is 0 Å². The van der Waals surface area contributed by atoms with Crippen molar-refractivity contribution in [2.45, 2.75) is 19.4 Å². The molecule has 0 saturated carbocycles. The van der Waals surface area contributed by atoms with E-state index >= 15 is 0 Å². The van der Waals surface area contributed by atoms with E-state index in [1.165, 1.54) is 5.56 Å². The van der Waals surface area contributed by atoms with Crippen molar-refractivity contribution in [3.05, 3.63) is 35.9 Å². The zero-order chi connectivity index (χ0) is 13.5. The van der Waals surface area contributed by atoms with Crippen LogP contribution in [0, 0.1) is 5.92 Å². The Bertz CT molecular complexity index is 399. The molecule has 1 heterocycles. The third kappa shape index (κ3) is 5.90. The van der Waals surface area contributed by atoms with Gasteiger partial charge >= 0.3 is 5.97 Å². The average molecular weight is 300 g/mol. The number of ether oxygens (including phenoxy) is 1. The lowest BCUT2D eigenvalue weighted by Gasteiger charge is -2.14. The van der Waals surface area contributed by atoms with Crippen LogP contribution in [-0.2, 0) is 16.1 Å². The van der Waals surface area contributed by atoms with Gasteiger partial charge in [-0.05, 0) is 24.4 Å².